The van der Waals surface area contributed by atoms with Crippen molar-refractivity contribution in [3.63, 3.8) is 0 Å². The quantitative estimate of drug-likeness (QED) is 0.800. The molecule has 3 unspecified atom stereocenters. The first-order valence-electron chi connectivity index (χ1n) is 6.45. The van der Waals surface area contributed by atoms with Gasteiger partial charge in [-0.15, -0.1) is 0 Å². The Labute approximate surface area is 106 Å². The van der Waals surface area contributed by atoms with Crippen LogP contribution in [0.5, 0.6) is 0 Å². The molecule has 18 heavy (non-hydrogen) atoms. The Hall–Kier alpha value is -1.67. The third-order valence-electron chi connectivity index (χ3n) is 4.10. The molecule has 1 aromatic rings. The fourth-order valence-corrected chi connectivity index (χ4v) is 3.13. The number of fused-ring (bicyclic) bond motifs is 2. The smallest absolute Gasteiger partial charge is 0.161 e. The third-order valence-corrected chi connectivity index (χ3v) is 4.10. The van der Waals surface area contributed by atoms with E-state index in [0.29, 0.717) is 5.69 Å². The van der Waals surface area contributed by atoms with E-state index >= 15 is 0 Å². The normalized spacial score (nSPS) is 30.9. The number of aliphatic hydroxyl groups excluding tert-OH is 1. The highest BCUT2D eigenvalue weighted by molar-refractivity contribution is 5.41. The van der Waals surface area contributed by atoms with E-state index in [9.17, 15) is 5.11 Å². The Kier molecular flexibility index (Phi) is 2.88. The fraction of sp³-hybridized carbons (Fsp3) is 0.615. The van der Waals surface area contributed by atoms with Crippen molar-refractivity contribution in [1.29, 1.82) is 5.26 Å². The van der Waals surface area contributed by atoms with Crippen molar-refractivity contribution in [3.8, 4) is 6.07 Å². The molecule has 2 heterocycles. The number of rotatable bonds is 1. The average Bonchev–Trinajstić information content (AvgIpc) is 2.43. The zero-order chi connectivity index (χ0) is 12.5. The van der Waals surface area contributed by atoms with Crippen LogP contribution >= 0.6 is 0 Å². The van der Waals surface area contributed by atoms with Crippen LogP contribution < -0.4 is 4.90 Å². The maximum atomic E-state index is 10.1. The molecule has 0 amide bonds. The molecule has 1 aliphatic heterocycles. The van der Waals surface area contributed by atoms with Crippen molar-refractivity contribution < 1.29 is 5.11 Å². The molecular formula is C13H16N4O. The minimum Gasteiger partial charge on any atom is -0.391 e. The number of hydrogen-bond acceptors (Lipinski definition) is 5. The number of nitriles is 1. The van der Waals surface area contributed by atoms with Gasteiger partial charge in [-0.3, -0.25) is 4.98 Å². The number of aliphatic hydroxyl groups is 1. The average molecular weight is 244 g/mol. The van der Waals surface area contributed by atoms with Crippen molar-refractivity contribution in [2.75, 3.05) is 11.4 Å². The van der Waals surface area contributed by atoms with Crippen LogP contribution in [0.3, 0.4) is 0 Å². The summed E-state index contributed by atoms with van der Waals surface area (Å²) in [5.41, 5.74) is 0.333. The summed E-state index contributed by atoms with van der Waals surface area (Å²) in [6, 6.07) is 2.15. The summed E-state index contributed by atoms with van der Waals surface area (Å²) < 4.78 is 0. The third kappa shape index (κ3) is 1.93. The summed E-state index contributed by atoms with van der Waals surface area (Å²) in [6.07, 6.45) is 7.04. The molecule has 0 aromatic carbocycles. The Morgan fingerprint density at radius 3 is 3.06 bits per heavy atom. The van der Waals surface area contributed by atoms with Crippen molar-refractivity contribution >= 4 is 5.82 Å². The highest BCUT2D eigenvalue weighted by atomic mass is 16.3. The van der Waals surface area contributed by atoms with E-state index in [2.05, 4.69) is 14.9 Å². The van der Waals surface area contributed by atoms with Gasteiger partial charge in [0.2, 0.25) is 0 Å². The predicted molar refractivity (Wildman–Crippen MR) is 65.8 cm³/mol. The summed E-state index contributed by atoms with van der Waals surface area (Å²) >= 11 is 0. The fourth-order valence-electron chi connectivity index (χ4n) is 3.13. The van der Waals surface area contributed by atoms with Gasteiger partial charge in [0.25, 0.3) is 0 Å². The van der Waals surface area contributed by atoms with Gasteiger partial charge in [-0.1, -0.05) is 0 Å². The molecule has 94 valence electrons. The lowest BCUT2D eigenvalue weighted by Gasteiger charge is -2.46. The van der Waals surface area contributed by atoms with Gasteiger partial charge in [0.1, 0.15) is 11.9 Å². The molecule has 1 saturated carbocycles. The van der Waals surface area contributed by atoms with E-state index < -0.39 is 0 Å². The monoisotopic (exact) mass is 244 g/mol. The van der Waals surface area contributed by atoms with Crippen LogP contribution in [0.4, 0.5) is 5.82 Å². The maximum absolute atomic E-state index is 10.1. The van der Waals surface area contributed by atoms with Gasteiger partial charge in [0.05, 0.1) is 24.5 Å². The lowest BCUT2D eigenvalue weighted by atomic mass is 9.78. The maximum Gasteiger partial charge on any atom is 0.161 e. The van der Waals surface area contributed by atoms with Crippen molar-refractivity contribution in [2.45, 2.75) is 37.8 Å². The Balaban J connectivity index is 1.88. The predicted octanol–water partition coefficient (Wildman–Crippen LogP) is 1.09. The zero-order valence-electron chi connectivity index (χ0n) is 10.2. The SMILES string of the molecule is N#Cc1cncc(N2CCC3CCC(O)C2C3)n1. The standard InChI is InChI=1S/C13H16N4O/c14-6-10-7-15-8-13(16-10)17-4-3-9-1-2-12(18)11(17)5-9/h7-9,11-12,18H,1-5H2. The van der Waals surface area contributed by atoms with Gasteiger partial charge in [-0.25, -0.2) is 4.98 Å². The minimum absolute atomic E-state index is 0.140. The molecule has 1 saturated heterocycles. The van der Waals surface area contributed by atoms with Crippen LogP contribution in [0.1, 0.15) is 31.4 Å². The lowest BCUT2D eigenvalue weighted by molar-refractivity contribution is 0.0662. The van der Waals surface area contributed by atoms with E-state index in [4.69, 9.17) is 5.26 Å². The second kappa shape index (κ2) is 4.54. The molecule has 1 N–H and O–H groups in total. The summed E-state index contributed by atoms with van der Waals surface area (Å²) in [4.78, 5) is 10.5. The summed E-state index contributed by atoms with van der Waals surface area (Å²) in [7, 11) is 0. The Morgan fingerprint density at radius 2 is 2.22 bits per heavy atom. The number of hydrogen-bond donors (Lipinski definition) is 1. The molecule has 2 aliphatic rings. The molecule has 1 aliphatic carbocycles. The highest BCUT2D eigenvalue weighted by Gasteiger charge is 2.37. The van der Waals surface area contributed by atoms with Crippen molar-refractivity contribution in [3.05, 3.63) is 18.1 Å². The number of piperidine rings is 1. The molecule has 3 atom stereocenters. The lowest BCUT2D eigenvalue weighted by Crippen LogP contribution is -2.52. The summed E-state index contributed by atoms with van der Waals surface area (Å²) in [6.45, 7) is 0.899. The molecular weight excluding hydrogens is 228 g/mol. The molecule has 2 fully saturated rings. The van der Waals surface area contributed by atoms with Crippen LogP contribution in [0.2, 0.25) is 0 Å². The van der Waals surface area contributed by atoms with E-state index in [1.54, 1.807) is 6.20 Å². The van der Waals surface area contributed by atoms with E-state index in [1.165, 1.54) is 6.20 Å². The first-order valence-corrected chi connectivity index (χ1v) is 6.45. The van der Waals surface area contributed by atoms with Crippen LogP contribution in [0.25, 0.3) is 0 Å². The van der Waals surface area contributed by atoms with Gasteiger partial charge in [-0.05, 0) is 31.6 Å². The van der Waals surface area contributed by atoms with Gasteiger partial charge in [0, 0.05) is 6.54 Å². The van der Waals surface area contributed by atoms with Crippen molar-refractivity contribution in [1.82, 2.24) is 9.97 Å². The van der Waals surface area contributed by atoms with Gasteiger partial charge in [0.15, 0.2) is 5.69 Å². The number of aromatic nitrogens is 2. The van der Waals surface area contributed by atoms with Gasteiger partial charge >= 0.3 is 0 Å². The van der Waals surface area contributed by atoms with Gasteiger partial charge < -0.3 is 10.0 Å². The Bertz CT molecular complexity index is 484. The second-order valence-electron chi connectivity index (χ2n) is 5.17. The topological polar surface area (TPSA) is 73.0 Å². The zero-order valence-corrected chi connectivity index (χ0v) is 10.2. The van der Waals surface area contributed by atoms with Gasteiger partial charge in [-0.2, -0.15) is 5.26 Å². The Morgan fingerprint density at radius 1 is 1.33 bits per heavy atom. The molecule has 1 aromatic heterocycles. The molecule has 3 rings (SSSR count). The number of anilines is 1. The molecule has 5 nitrogen and oxygen atoms in total. The largest absolute Gasteiger partial charge is 0.391 e. The van der Waals surface area contributed by atoms with E-state index in [0.717, 1.165) is 44.0 Å². The molecule has 0 radical (unpaired) electrons. The summed E-state index contributed by atoms with van der Waals surface area (Å²) in [5, 5.41) is 19.0. The molecule has 5 heteroatoms. The van der Waals surface area contributed by atoms with Crippen LogP contribution in [-0.2, 0) is 0 Å². The van der Waals surface area contributed by atoms with Crippen LogP contribution in [0.15, 0.2) is 12.4 Å². The highest BCUT2D eigenvalue weighted by Crippen LogP contribution is 2.36. The van der Waals surface area contributed by atoms with E-state index in [1.807, 2.05) is 6.07 Å². The van der Waals surface area contributed by atoms with Crippen LogP contribution in [-0.4, -0.2) is 33.8 Å². The summed E-state index contributed by atoms with van der Waals surface area (Å²) in [5.74, 6) is 1.46. The van der Waals surface area contributed by atoms with E-state index in [-0.39, 0.29) is 12.1 Å². The first kappa shape index (κ1) is 11.4. The molecule has 2 bridgehead atoms. The first-order chi connectivity index (χ1) is 8.78. The number of nitrogens with zero attached hydrogens (tertiary/aromatic N) is 4. The van der Waals surface area contributed by atoms with Crippen molar-refractivity contribution in [2.24, 2.45) is 5.92 Å². The minimum atomic E-state index is -0.283. The second-order valence-corrected chi connectivity index (χ2v) is 5.17. The molecule has 0 spiro atoms. The van der Waals surface area contributed by atoms with Crippen LogP contribution in [0, 0.1) is 17.2 Å².